The zero-order valence-electron chi connectivity index (χ0n) is 15.3. The van der Waals surface area contributed by atoms with Gasteiger partial charge in [0.1, 0.15) is 11.0 Å². The number of aromatic nitrogens is 3. The molecule has 1 aliphatic rings. The molecule has 4 aromatic rings. The summed E-state index contributed by atoms with van der Waals surface area (Å²) >= 11 is 0. The predicted molar refractivity (Wildman–Crippen MR) is 106 cm³/mol. The van der Waals surface area contributed by atoms with E-state index in [0.29, 0.717) is 34.4 Å². The van der Waals surface area contributed by atoms with Gasteiger partial charge in [0.15, 0.2) is 5.82 Å². The third-order valence-electron chi connectivity index (χ3n) is 5.56. The average molecular weight is 374 g/mol. The number of pyridine rings is 1. The number of hydrogen-bond donors (Lipinski definition) is 1. The second kappa shape index (κ2) is 6.02. The van der Waals surface area contributed by atoms with E-state index in [-0.39, 0.29) is 10.6 Å². The zero-order valence-corrected chi connectivity index (χ0v) is 15.3. The van der Waals surface area contributed by atoms with E-state index in [1.165, 1.54) is 0 Å². The summed E-state index contributed by atoms with van der Waals surface area (Å²) in [7, 11) is 0. The molecule has 0 amide bonds. The van der Waals surface area contributed by atoms with Gasteiger partial charge in [-0.25, -0.2) is 4.98 Å². The highest BCUT2D eigenvalue weighted by Gasteiger charge is 2.27. The van der Waals surface area contributed by atoms with Gasteiger partial charge >= 0.3 is 0 Å². The van der Waals surface area contributed by atoms with E-state index in [1.807, 2.05) is 37.3 Å². The molecule has 7 nitrogen and oxygen atoms in total. The molecule has 1 aliphatic carbocycles. The smallest absolute Gasteiger partial charge is 0.273 e. The maximum atomic E-state index is 11.7. The molecule has 0 bridgehead atoms. The van der Waals surface area contributed by atoms with Crippen LogP contribution in [0.4, 0.5) is 5.69 Å². The lowest BCUT2D eigenvalue weighted by Gasteiger charge is -2.18. The van der Waals surface area contributed by atoms with E-state index in [9.17, 15) is 15.3 Å². The molecule has 0 saturated heterocycles. The summed E-state index contributed by atoms with van der Waals surface area (Å²) in [4.78, 5) is 20.8. The standard InChI is InChI=1S/C21H18N4O3/c1-12-20-19(23-21(24(20)26)13-7-3-2-4-8-13)16-11-17(25(27)28)14-9-5-6-10-15(14)18(16)22-12/h2-4,7-8,11,26H,5-6,9-10H2,1H3. The van der Waals surface area contributed by atoms with Crippen molar-refractivity contribution in [3.05, 3.63) is 63.3 Å². The normalized spacial score (nSPS) is 13.8. The van der Waals surface area contributed by atoms with Gasteiger partial charge in [0.25, 0.3) is 5.69 Å². The van der Waals surface area contributed by atoms with E-state index >= 15 is 0 Å². The Hall–Kier alpha value is -3.48. The first-order valence-electron chi connectivity index (χ1n) is 9.33. The summed E-state index contributed by atoms with van der Waals surface area (Å²) in [5, 5.41) is 23.1. The molecule has 28 heavy (non-hydrogen) atoms. The van der Waals surface area contributed by atoms with Crippen LogP contribution in [-0.4, -0.2) is 24.8 Å². The fourth-order valence-electron chi connectivity index (χ4n) is 4.29. The Kier molecular flexibility index (Phi) is 3.58. The van der Waals surface area contributed by atoms with Crippen molar-refractivity contribution < 1.29 is 10.1 Å². The Morgan fingerprint density at radius 1 is 1.07 bits per heavy atom. The number of rotatable bonds is 2. The first-order chi connectivity index (χ1) is 13.6. The Bertz CT molecular complexity index is 1260. The molecule has 0 fully saturated rings. The highest BCUT2D eigenvalue weighted by molar-refractivity contribution is 6.06. The minimum absolute atomic E-state index is 0.128. The van der Waals surface area contributed by atoms with Crippen LogP contribution in [0.15, 0.2) is 36.4 Å². The van der Waals surface area contributed by atoms with Crippen molar-refractivity contribution >= 4 is 27.6 Å². The van der Waals surface area contributed by atoms with Crippen molar-refractivity contribution in [2.45, 2.75) is 32.6 Å². The van der Waals surface area contributed by atoms with Crippen LogP contribution in [0.1, 0.15) is 29.7 Å². The summed E-state index contributed by atoms with van der Waals surface area (Å²) in [6, 6.07) is 11.0. The van der Waals surface area contributed by atoms with E-state index in [0.717, 1.165) is 46.2 Å². The van der Waals surface area contributed by atoms with Crippen LogP contribution in [0, 0.1) is 17.0 Å². The SMILES string of the molecule is Cc1nc2c3c(c([N+](=O)[O-])cc2c2nc(-c4ccccc4)n(O)c12)CCCC3. The van der Waals surface area contributed by atoms with Gasteiger partial charge in [-0.15, -0.1) is 0 Å². The van der Waals surface area contributed by atoms with Crippen molar-refractivity contribution in [1.29, 1.82) is 0 Å². The molecule has 0 radical (unpaired) electrons. The fraction of sp³-hybridized carbons (Fsp3) is 0.238. The molecule has 1 N–H and O–H groups in total. The zero-order chi connectivity index (χ0) is 19.4. The van der Waals surface area contributed by atoms with Gasteiger partial charge in [-0.3, -0.25) is 15.1 Å². The van der Waals surface area contributed by atoms with Gasteiger partial charge in [0.2, 0.25) is 0 Å². The Morgan fingerprint density at radius 2 is 1.79 bits per heavy atom. The topological polar surface area (TPSA) is 94.1 Å². The van der Waals surface area contributed by atoms with Gasteiger partial charge < -0.3 is 5.21 Å². The summed E-state index contributed by atoms with van der Waals surface area (Å²) in [5.41, 5.74) is 5.08. The lowest BCUT2D eigenvalue weighted by molar-refractivity contribution is -0.385. The van der Waals surface area contributed by atoms with Crippen LogP contribution in [0.3, 0.4) is 0 Å². The van der Waals surface area contributed by atoms with E-state index in [4.69, 9.17) is 4.98 Å². The van der Waals surface area contributed by atoms with Gasteiger partial charge in [-0.1, -0.05) is 30.3 Å². The highest BCUT2D eigenvalue weighted by atomic mass is 16.6. The lowest BCUT2D eigenvalue weighted by Crippen LogP contribution is -2.09. The second-order valence-corrected chi connectivity index (χ2v) is 7.22. The molecule has 2 heterocycles. The van der Waals surface area contributed by atoms with Gasteiger partial charge in [0, 0.05) is 22.6 Å². The minimum atomic E-state index is -0.316. The van der Waals surface area contributed by atoms with Crippen LogP contribution < -0.4 is 0 Å². The number of nitro groups is 1. The first-order valence-corrected chi connectivity index (χ1v) is 9.33. The molecule has 7 heteroatoms. The number of aryl methyl sites for hydroxylation is 2. The molecule has 0 saturated carbocycles. The molecule has 0 unspecified atom stereocenters. The first kappa shape index (κ1) is 16.7. The molecule has 0 aliphatic heterocycles. The summed E-state index contributed by atoms with van der Waals surface area (Å²) < 4.78 is 1.04. The maximum absolute atomic E-state index is 11.7. The Morgan fingerprint density at radius 3 is 2.50 bits per heavy atom. The summed E-state index contributed by atoms with van der Waals surface area (Å²) in [5.74, 6) is 0.397. The number of benzene rings is 2. The quantitative estimate of drug-likeness (QED) is 0.315. The van der Waals surface area contributed by atoms with Crippen LogP contribution in [0.2, 0.25) is 0 Å². The summed E-state index contributed by atoms with van der Waals surface area (Å²) in [6.07, 6.45) is 3.41. The lowest BCUT2D eigenvalue weighted by atomic mass is 9.88. The molecule has 2 aromatic carbocycles. The third-order valence-corrected chi connectivity index (χ3v) is 5.56. The molecular weight excluding hydrogens is 356 g/mol. The molecule has 0 spiro atoms. The molecule has 0 atom stereocenters. The van der Waals surface area contributed by atoms with Crippen LogP contribution >= 0.6 is 0 Å². The number of imidazole rings is 1. The van der Waals surface area contributed by atoms with Crippen molar-refractivity contribution in [1.82, 2.24) is 14.7 Å². The van der Waals surface area contributed by atoms with E-state index in [2.05, 4.69) is 4.98 Å². The highest BCUT2D eigenvalue weighted by Crippen LogP contribution is 2.39. The Labute approximate surface area is 160 Å². The van der Waals surface area contributed by atoms with Gasteiger partial charge in [0.05, 0.1) is 16.1 Å². The third kappa shape index (κ3) is 2.29. The Balaban J connectivity index is 1.92. The number of hydrogen-bond acceptors (Lipinski definition) is 5. The minimum Gasteiger partial charge on any atom is -0.426 e. The van der Waals surface area contributed by atoms with Crippen LogP contribution in [0.5, 0.6) is 0 Å². The van der Waals surface area contributed by atoms with Crippen LogP contribution in [0.25, 0.3) is 33.3 Å². The number of fused-ring (bicyclic) bond motifs is 5. The van der Waals surface area contributed by atoms with E-state index in [1.54, 1.807) is 6.07 Å². The average Bonchev–Trinajstić information content (AvgIpc) is 3.06. The van der Waals surface area contributed by atoms with Crippen LogP contribution in [-0.2, 0) is 12.8 Å². The summed E-state index contributed by atoms with van der Waals surface area (Å²) in [6.45, 7) is 1.83. The fourth-order valence-corrected chi connectivity index (χ4v) is 4.29. The van der Waals surface area contributed by atoms with Crippen molar-refractivity contribution in [2.24, 2.45) is 0 Å². The predicted octanol–water partition coefficient (Wildman–Crippen LogP) is 4.58. The molecule has 5 rings (SSSR count). The number of nitro benzene ring substituents is 1. The van der Waals surface area contributed by atoms with Crippen molar-refractivity contribution in [2.75, 3.05) is 0 Å². The van der Waals surface area contributed by atoms with E-state index < -0.39 is 0 Å². The van der Waals surface area contributed by atoms with Gasteiger partial charge in [-0.05, 0) is 38.2 Å². The molecule has 140 valence electrons. The maximum Gasteiger partial charge on any atom is 0.273 e. The number of nitrogens with zero attached hydrogens (tertiary/aromatic N) is 4. The molecular formula is C21H18N4O3. The largest absolute Gasteiger partial charge is 0.426 e. The van der Waals surface area contributed by atoms with Crippen molar-refractivity contribution in [3.8, 4) is 11.4 Å². The van der Waals surface area contributed by atoms with Crippen molar-refractivity contribution in [3.63, 3.8) is 0 Å². The monoisotopic (exact) mass is 374 g/mol. The van der Waals surface area contributed by atoms with Gasteiger partial charge in [-0.2, -0.15) is 4.73 Å². The molecule has 2 aromatic heterocycles. The second-order valence-electron chi connectivity index (χ2n) is 7.22.